The molecule has 0 amide bonds. The van der Waals surface area contributed by atoms with Gasteiger partial charge in [-0.15, -0.1) is 6.58 Å². The largest absolute Gasteiger partial charge is 0.393 e. The van der Waals surface area contributed by atoms with E-state index in [9.17, 15) is 5.11 Å². The highest BCUT2D eigenvalue weighted by Crippen LogP contribution is 2.69. The lowest BCUT2D eigenvalue weighted by atomic mass is 9.43. The van der Waals surface area contributed by atoms with Crippen molar-refractivity contribution in [2.45, 2.75) is 90.6 Å². The van der Waals surface area contributed by atoms with E-state index in [-0.39, 0.29) is 6.10 Å². The molecule has 194 valence electrons. The molecule has 4 aliphatic carbocycles. The lowest BCUT2D eigenvalue weighted by molar-refractivity contribution is -0.135. The van der Waals surface area contributed by atoms with Gasteiger partial charge >= 0.3 is 0 Å². The summed E-state index contributed by atoms with van der Waals surface area (Å²) in [5, 5.41) is 17.4. The summed E-state index contributed by atoms with van der Waals surface area (Å²) in [6.07, 6.45) is 15.6. The lowest BCUT2D eigenvalue weighted by Crippen LogP contribution is -2.54. The number of nitrogens with two attached hydrogens (primary N) is 1. The third-order valence-electron chi connectivity index (χ3n) is 11.1. The average Bonchev–Trinajstić information content (AvgIpc) is 3.10. The Labute approximate surface area is 209 Å². The van der Waals surface area contributed by atoms with Crippen LogP contribution in [0.5, 0.6) is 0 Å². The van der Waals surface area contributed by atoms with E-state index in [1.165, 1.54) is 44.2 Å². The van der Waals surface area contributed by atoms with E-state index in [2.05, 4.69) is 43.7 Å². The first-order valence-corrected chi connectivity index (χ1v) is 14.5. The first-order valence-electron chi connectivity index (χ1n) is 14.5. The van der Waals surface area contributed by atoms with Gasteiger partial charge in [-0.25, -0.2) is 0 Å². The monoisotopic (exact) mass is 471 g/mol. The van der Waals surface area contributed by atoms with Crippen LogP contribution < -0.4 is 16.4 Å². The van der Waals surface area contributed by atoms with Gasteiger partial charge in [-0.2, -0.15) is 0 Å². The zero-order chi connectivity index (χ0) is 24.3. The summed E-state index contributed by atoms with van der Waals surface area (Å²) in [6, 6.07) is 0. The Morgan fingerprint density at radius 1 is 1.00 bits per heavy atom. The number of rotatable bonds is 11. The van der Waals surface area contributed by atoms with Crippen molar-refractivity contribution >= 4 is 0 Å². The van der Waals surface area contributed by atoms with Crippen LogP contribution >= 0.6 is 0 Å². The summed E-state index contributed by atoms with van der Waals surface area (Å²) < 4.78 is 0. The minimum absolute atomic E-state index is 0.0530. The molecule has 34 heavy (non-hydrogen) atoms. The summed E-state index contributed by atoms with van der Waals surface area (Å²) in [5.74, 6) is 4.52. The van der Waals surface area contributed by atoms with Crippen LogP contribution in [0, 0.1) is 46.3 Å². The molecule has 0 aliphatic heterocycles. The summed E-state index contributed by atoms with van der Waals surface area (Å²) in [4.78, 5) is 0. The molecule has 0 saturated heterocycles. The van der Waals surface area contributed by atoms with E-state index in [0.29, 0.717) is 22.7 Å². The van der Waals surface area contributed by atoms with Crippen LogP contribution in [0.15, 0.2) is 24.9 Å². The second-order valence-electron chi connectivity index (χ2n) is 12.9. The summed E-state index contributed by atoms with van der Waals surface area (Å²) in [5.41, 5.74) is 7.67. The van der Waals surface area contributed by atoms with Crippen LogP contribution in [0.2, 0.25) is 0 Å². The van der Waals surface area contributed by atoms with Gasteiger partial charge < -0.3 is 21.5 Å². The smallest absolute Gasteiger partial charge is 0.0543 e. The van der Waals surface area contributed by atoms with Crippen LogP contribution in [0.1, 0.15) is 84.5 Å². The number of nitrogens with one attached hydrogen (secondary N) is 2. The van der Waals surface area contributed by atoms with Crippen molar-refractivity contribution in [2.24, 2.45) is 52.1 Å². The minimum Gasteiger partial charge on any atom is -0.393 e. The average molecular weight is 472 g/mol. The van der Waals surface area contributed by atoms with Gasteiger partial charge in [0.25, 0.3) is 0 Å². The van der Waals surface area contributed by atoms with Crippen LogP contribution in [-0.2, 0) is 0 Å². The van der Waals surface area contributed by atoms with E-state index >= 15 is 0 Å². The molecule has 4 nitrogen and oxygen atoms in total. The van der Waals surface area contributed by atoms with Crippen molar-refractivity contribution < 1.29 is 5.11 Å². The van der Waals surface area contributed by atoms with Crippen LogP contribution in [0.25, 0.3) is 0 Å². The van der Waals surface area contributed by atoms with Crippen molar-refractivity contribution in [3.8, 4) is 0 Å². The molecule has 0 bridgehead atoms. The van der Waals surface area contributed by atoms with Gasteiger partial charge in [0, 0.05) is 12.2 Å². The molecule has 4 heteroatoms. The number of hydrogen-bond acceptors (Lipinski definition) is 4. The topological polar surface area (TPSA) is 70.3 Å². The molecular weight excluding hydrogens is 418 g/mol. The number of allylic oxidation sites excluding steroid dienone is 2. The second kappa shape index (κ2) is 11.0. The molecule has 0 spiro atoms. The maximum Gasteiger partial charge on any atom is 0.0543 e. The van der Waals surface area contributed by atoms with Crippen molar-refractivity contribution in [1.82, 2.24) is 10.6 Å². The van der Waals surface area contributed by atoms with Crippen LogP contribution in [0.3, 0.4) is 0 Å². The first-order chi connectivity index (χ1) is 16.3. The molecule has 0 aromatic heterocycles. The number of fused-ring (bicyclic) bond motifs is 5. The van der Waals surface area contributed by atoms with Gasteiger partial charge in [0.2, 0.25) is 0 Å². The summed E-state index contributed by atoms with van der Waals surface area (Å²) in [7, 11) is 0. The SMILES string of the molecule is C=CC1CC2(C)C(CCC3C2CCC2CC(O)CCC23C)C1CC(=C)NCCCNCCCN. The van der Waals surface area contributed by atoms with Gasteiger partial charge in [0.05, 0.1) is 6.10 Å². The Morgan fingerprint density at radius 2 is 1.71 bits per heavy atom. The lowest BCUT2D eigenvalue weighted by Gasteiger charge is -2.62. The third-order valence-corrected chi connectivity index (χ3v) is 11.1. The zero-order valence-electron chi connectivity index (χ0n) is 22.2. The van der Waals surface area contributed by atoms with E-state index in [4.69, 9.17) is 5.73 Å². The van der Waals surface area contributed by atoms with Gasteiger partial charge in [-0.3, -0.25) is 0 Å². The minimum atomic E-state index is -0.0530. The molecule has 0 aromatic rings. The molecule has 4 aliphatic rings. The molecular formula is C30H53N3O. The first kappa shape index (κ1) is 26.2. The number of aliphatic hydroxyl groups is 1. The molecule has 9 atom stereocenters. The predicted molar refractivity (Wildman–Crippen MR) is 143 cm³/mol. The molecule has 0 aromatic carbocycles. The highest BCUT2D eigenvalue weighted by molar-refractivity contribution is 5.15. The number of aliphatic hydroxyl groups excluding tert-OH is 1. The van der Waals surface area contributed by atoms with Crippen molar-refractivity contribution in [3.63, 3.8) is 0 Å². The molecule has 0 heterocycles. The maximum atomic E-state index is 10.3. The Kier molecular flexibility index (Phi) is 8.52. The molecule has 4 fully saturated rings. The Bertz CT molecular complexity index is 709. The van der Waals surface area contributed by atoms with E-state index in [1.807, 2.05) is 0 Å². The Morgan fingerprint density at radius 3 is 2.47 bits per heavy atom. The maximum absolute atomic E-state index is 10.3. The fourth-order valence-corrected chi connectivity index (χ4v) is 9.36. The van der Waals surface area contributed by atoms with E-state index in [0.717, 1.165) is 82.0 Å². The quantitative estimate of drug-likeness (QED) is 0.246. The van der Waals surface area contributed by atoms with Crippen molar-refractivity contribution in [2.75, 3.05) is 26.2 Å². The predicted octanol–water partition coefficient (Wildman–Crippen LogP) is 5.24. The van der Waals surface area contributed by atoms with Crippen molar-refractivity contribution in [1.29, 1.82) is 0 Å². The zero-order valence-corrected chi connectivity index (χ0v) is 22.2. The van der Waals surface area contributed by atoms with E-state index in [1.54, 1.807) is 0 Å². The van der Waals surface area contributed by atoms with Gasteiger partial charge in [0.15, 0.2) is 0 Å². The fourth-order valence-electron chi connectivity index (χ4n) is 9.36. The highest BCUT2D eigenvalue weighted by Gasteiger charge is 2.62. The molecule has 4 saturated carbocycles. The summed E-state index contributed by atoms with van der Waals surface area (Å²) >= 11 is 0. The normalized spacial score (nSPS) is 43.5. The highest BCUT2D eigenvalue weighted by atomic mass is 16.3. The Hall–Kier alpha value is -0.840. The third kappa shape index (κ3) is 5.02. The van der Waals surface area contributed by atoms with E-state index < -0.39 is 0 Å². The fraction of sp³-hybridized carbons (Fsp3) is 0.867. The van der Waals surface area contributed by atoms with Gasteiger partial charge in [0.1, 0.15) is 0 Å². The standard InChI is InChI=1S/C30H53N3O/c1-5-22-20-30(4)26(25(22)18-21(2)33-17-7-16-32-15-6-14-31)10-11-27-28(30)9-8-23-19-24(34)12-13-29(23,27)3/h5,22-28,32-34H,1-2,6-20,31H2,3-4H3. The summed E-state index contributed by atoms with van der Waals surface area (Å²) in [6.45, 7) is 17.8. The van der Waals surface area contributed by atoms with Crippen molar-refractivity contribution in [3.05, 3.63) is 24.9 Å². The molecule has 9 unspecified atom stereocenters. The van der Waals surface area contributed by atoms with Gasteiger partial charge in [-0.05, 0) is 137 Å². The molecule has 0 radical (unpaired) electrons. The van der Waals surface area contributed by atoms with Crippen LogP contribution in [0.4, 0.5) is 0 Å². The molecule has 4 rings (SSSR count). The van der Waals surface area contributed by atoms with Gasteiger partial charge in [-0.1, -0.05) is 26.5 Å². The second-order valence-corrected chi connectivity index (χ2v) is 12.9. The van der Waals surface area contributed by atoms with Crippen LogP contribution in [-0.4, -0.2) is 37.4 Å². The Balaban J connectivity index is 1.36. The number of hydrogen-bond donors (Lipinski definition) is 4. The molecule has 5 N–H and O–H groups in total.